The van der Waals surface area contributed by atoms with Crippen molar-refractivity contribution in [2.24, 2.45) is 5.92 Å². The molecular weight excluding hydrogens is 394 g/mol. The Kier molecular flexibility index (Phi) is 8.29. The Bertz CT molecular complexity index is 761. The number of rotatable bonds is 10. The topological polar surface area (TPSA) is 91.8 Å². The molecule has 1 heterocycles. The number of hydrogen-bond acceptors (Lipinski definition) is 4. The summed E-state index contributed by atoms with van der Waals surface area (Å²) in [5.74, 6) is -0.379. The van der Waals surface area contributed by atoms with Crippen LogP contribution in [-0.4, -0.2) is 58.8 Å². The molecule has 0 bridgehead atoms. The van der Waals surface area contributed by atoms with E-state index in [1.165, 1.54) is 41.1 Å². The van der Waals surface area contributed by atoms with Crippen molar-refractivity contribution in [2.45, 2.75) is 89.8 Å². The van der Waals surface area contributed by atoms with Gasteiger partial charge in [-0.3, -0.25) is 4.98 Å². The van der Waals surface area contributed by atoms with Gasteiger partial charge in [-0.15, -0.1) is 0 Å². The van der Waals surface area contributed by atoms with Gasteiger partial charge in [0.15, 0.2) is 0 Å². The molecular formula is C24H37N3O4. The first-order valence-corrected chi connectivity index (χ1v) is 11.7. The van der Waals surface area contributed by atoms with Gasteiger partial charge in [-0.05, 0) is 82.8 Å². The van der Waals surface area contributed by atoms with E-state index in [1.54, 1.807) is 7.05 Å². The summed E-state index contributed by atoms with van der Waals surface area (Å²) in [6.07, 6.45) is 9.48. The molecule has 0 radical (unpaired) electrons. The lowest BCUT2D eigenvalue weighted by molar-refractivity contribution is -0.140. The summed E-state index contributed by atoms with van der Waals surface area (Å²) in [6.45, 7) is 4.10. The number of aliphatic carboxylic acids is 1. The molecule has 3 rings (SSSR count). The number of carbonyl (C=O) groups is 2. The van der Waals surface area contributed by atoms with Crippen LogP contribution in [0.1, 0.15) is 69.3 Å². The van der Waals surface area contributed by atoms with E-state index in [9.17, 15) is 14.7 Å². The number of pyridine rings is 1. The zero-order chi connectivity index (χ0) is 22.4. The number of nitrogens with zero attached hydrogens (tertiary/aromatic N) is 2. The van der Waals surface area contributed by atoms with Crippen molar-refractivity contribution in [3.63, 3.8) is 0 Å². The van der Waals surface area contributed by atoms with Gasteiger partial charge in [-0.2, -0.15) is 0 Å². The Hall–Kier alpha value is -2.15. The lowest BCUT2D eigenvalue weighted by atomic mass is 9.79. The smallest absolute Gasteiger partial charge is 0.326 e. The molecule has 1 aromatic heterocycles. The van der Waals surface area contributed by atoms with Gasteiger partial charge in [0.1, 0.15) is 6.04 Å². The first-order chi connectivity index (χ1) is 14.8. The fraction of sp³-hybridized carbons (Fsp3) is 0.708. The third-order valence-electron chi connectivity index (χ3n) is 6.69. The SMILES string of the molecule is CC(C)N(C)C(=O)NC(CCOC1CC(CCc2ccc3c(n2)CCCC3)C1)C(=O)O. The highest BCUT2D eigenvalue weighted by molar-refractivity contribution is 5.82. The molecule has 0 spiro atoms. The largest absolute Gasteiger partial charge is 0.480 e. The van der Waals surface area contributed by atoms with E-state index in [0.717, 1.165) is 32.1 Å². The number of ether oxygens (including phenoxy) is 1. The highest BCUT2D eigenvalue weighted by Gasteiger charge is 2.30. The second kappa shape index (κ2) is 10.9. The summed E-state index contributed by atoms with van der Waals surface area (Å²) < 4.78 is 5.86. The molecule has 172 valence electrons. The molecule has 1 aromatic rings. The molecule has 0 aromatic carbocycles. The van der Waals surface area contributed by atoms with Crippen molar-refractivity contribution in [1.29, 1.82) is 0 Å². The fourth-order valence-corrected chi connectivity index (χ4v) is 4.26. The molecule has 1 unspecified atom stereocenters. The Balaban J connectivity index is 1.32. The lowest BCUT2D eigenvalue weighted by Gasteiger charge is -2.35. The van der Waals surface area contributed by atoms with Gasteiger partial charge in [-0.1, -0.05) is 6.07 Å². The van der Waals surface area contributed by atoms with Gasteiger partial charge >= 0.3 is 12.0 Å². The minimum atomic E-state index is -1.03. The number of carbonyl (C=O) groups excluding carboxylic acids is 1. The third-order valence-corrected chi connectivity index (χ3v) is 6.69. The molecule has 7 heteroatoms. The van der Waals surface area contributed by atoms with Gasteiger partial charge in [0, 0.05) is 37.5 Å². The van der Waals surface area contributed by atoms with E-state index in [2.05, 4.69) is 17.4 Å². The Morgan fingerprint density at radius 2 is 2.00 bits per heavy atom. The average Bonchev–Trinajstić information content (AvgIpc) is 2.72. The van der Waals surface area contributed by atoms with E-state index < -0.39 is 12.0 Å². The van der Waals surface area contributed by atoms with Gasteiger partial charge in [-0.25, -0.2) is 9.59 Å². The summed E-state index contributed by atoms with van der Waals surface area (Å²) in [6, 6.07) is 3.16. The maximum atomic E-state index is 12.1. The normalized spacial score (nSPS) is 21.2. The minimum absolute atomic E-state index is 0.00844. The predicted molar refractivity (Wildman–Crippen MR) is 119 cm³/mol. The van der Waals surface area contributed by atoms with Gasteiger partial charge < -0.3 is 20.1 Å². The summed E-state index contributed by atoms with van der Waals surface area (Å²) in [5, 5.41) is 12.0. The van der Waals surface area contributed by atoms with Crippen LogP contribution in [0.2, 0.25) is 0 Å². The number of urea groups is 1. The predicted octanol–water partition coefficient (Wildman–Crippen LogP) is 3.58. The van der Waals surface area contributed by atoms with E-state index in [-0.39, 0.29) is 24.6 Å². The number of aryl methyl sites for hydroxylation is 3. The molecule has 31 heavy (non-hydrogen) atoms. The van der Waals surface area contributed by atoms with Gasteiger partial charge in [0.05, 0.1) is 6.10 Å². The van der Waals surface area contributed by atoms with E-state index in [4.69, 9.17) is 9.72 Å². The lowest BCUT2D eigenvalue weighted by Crippen LogP contribution is -2.49. The number of nitrogens with one attached hydrogen (secondary N) is 1. The molecule has 2 N–H and O–H groups in total. The van der Waals surface area contributed by atoms with Crippen molar-refractivity contribution in [3.05, 3.63) is 29.1 Å². The van der Waals surface area contributed by atoms with E-state index in [0.29, 0.717) is 12.5 Å². The van der Waals surface area contributed by atoms with Crippen LogP contribution in [0, 0.1) is 5.92 Å². The number of amides is 2. The molecule has 0 aliphatic heterocycles. The van der Waals surface area contributed by atoms with E-state index >= 15 is 0 Å². The second-order valence-corrected chi connectivity index (χ2v) is 9.32. The molecule has 1 saturated carbocycles. The first kappa shape index (κ1) is 23.5. The highest BCUT2D eigenvalue weighted by Crippen LogP contribution is 2.34. The third kappa shape index (κ3) is 6.66. The van der Waals surface area contributed by atoms with Crippen molar-refractivity contribution in [1.82, 2.24) is 15.2 Å². The summed E-state index contributed by atoms with van der Waals surface area (Å²) in [7, 11) is 1.66. The van der Waals surface area contributed by atoms with E-state index in [1.807, 2.05) is 13.8 Å². The fourth-order valence-electron chi connectivity index (χ4n) is 4.26. The molecule has 7 nitrogen and oxygen atoms in total. The van der Waals surface area contributed by atoms with Crippen molar-refractivity contribution in [2.75, 3.05) is 13.7 Å². The molecule has 0 saturated heterocycles. The van der Waals surface area contributed by atoms with Gasteiger partial charge in [0.2, 0.25) is 0 Å². The summed E-state index contributed by atoms with van der Waals surface area (Å²) >= 11 is 0. The van der Waals surface area contributed by atoms with Crippen molar-refractivity contribution >= 4 is 12.0 Å². The highest BCUT2D eigenvalue weighted by atomic mass is 16.5. The van der Waals surface area contributed by atoms with Gasteiger partial charge in [0.25, 0.3) is 0 Å². The maximum Gasteiger partial charge on any atom is 0.326 e. The molecule has 1 fully saturated rings. The second-order valence-electron chi connectivity index (χ2n) is 9.32. The van der Waals surface area contributed by atoms with Crippen molar-refractivity contribution in [3.8, 4) is 0 Å². The summed E-state index contributed by atoms with van der Waals surface area (Å²) in [4.78, 5) is 29.9. The number of fused-ring (bicyclic) bond motifs is 1. The monoisotopic (exact) mass is 431 g/mol. The minimum Gasteiger partial charge on any atom is -0.480 e. The number of carboxylic acids is 1. The van der Waals surface area contributed by atoms with Crippen LogP contribution < -0.4 is 5.32 Å². The Morgan fingerprint density at radius 1 is 1.26 bits per heavy atom. The average molecular weight is 432 g/mol. The maximum absolute atomic E-state index is 12.1. The van der Waals surface area contributed by atoms with Crippen LogP contribution in [-0.2, 0) is 28.8 Å². The number of carboxylic acid groups (broad SMARTS) is 1. The zero-order valence-electron chi connectivity index (χ0n) is 19.1. The molecule has 2 amide bonds. The van der Waals surface area contributed by atoms with Crippen LogP contribution in [0.3, 0.4) is 0 Å². The standard InChI is InChI=1S/C24H37N3O4/c1-16(2)27(3)24(30)26-22(23(28)29)12-13-31-20-14-17(15-20)8-10-19-11-9-18-6-4-5-7-21(18)25-19/h9,11,16-17,20,22H,4-8,10,12-15H2,1-3H3,(H,26,30)(H,28,29). The van der Waals surface area contributed by atoms with Crippen LogP contribution in [0.25, 0.3) is 0 Å². The van der Waals surface area contributed by atoms with Crippen molar-refractivity contribution < 1.29 is 19.4 Å². The Labute approximate surface area is 185 Å². The summed E-state index contributed by atoms with van der Waals surface area (Å²) in [5.41, 5.74) is 3.94. The zero-order valence-corrected chi connectivity index (χ0v) is 19.1. The molecule has 2 aliphatic carbocycles. The first-order valence-electron chi connectivity index (χ1n) is 11.7. The number of aromatic nitrogens is 1. The van der Waals surface area contributed by atoms with Crippen LogP contribution in [0.4, 0.5) is 4.79 Å². The molecule has 2 aliphatic rings. The Morgan fingerprint density at radius 3 is 2.71 bits per heavy atom. The van der Waals surface area contributed by atoms with Crippen LogP contribution in [0.15, 0.2) is 12.1 Å². The van der Waals surface area contributed by atoms with Crippen LogP contribution >= 0.6 is 0 Å². The van der Waals surface area contributed by atoms with Crippen LogP contribution in [0.5, 0.6) is 0 Å². The quantitative estimate of drug-likeness (QED) is 0.591. The number of hydrogen-bond donors (Lipinski definition) is 2. The molecule has 1 atom stereocenters.